The van der Waals surface area contributed by atoms with Gasteiger partial charge in [-0.3, -0.25) is 0 Å². The molecule has 5 nitrogen and oxygen atoms in total. The SMILES string of the molecule is C=C(N)/[N+](O)=C(N)\C=C(/CC)N1CCCCC1. The zero-order valence-electron chi connectivity index (χ0n) is 10.5. The number of hydrogen-bond acceptors (Lipinski definition) is 3. The van der Waals surface area contributed by atoms with E-state index in [0.29, 0.717) is 4.74 Å². The average Bonchev–Trinajstić information content (AvgIpc) is 2.35. The van der Waals surface area contributed by atoms with Gasteiger partial charge in [0.15, 0.2) is 0 Å². The third kappa shape index (κ3) is 3.69. The van der Waals surface area contributed by atoms with Crippen LogP contribution in [-0.2, 0) is 0 Å². The molecule has 0 spiro atoms. The van der Waals surface area contributed by atoms with Crippen LogP contribution in [0.5, 0.6) is 0 Å². The summed E-state index contributed by atoms with van der Waals surface area (Å²) in [7, 11) is 0. The highest BCUT2D eigenvalue weighted by molar-refractivity contribution is 5.87. The van der Waals surface area contributed by atoms with Crippen LogP contribution in [0, 0.1) is 0 Å². The lowest BCUT2D eigenvalue weighted by Crippen LogP contribution is -2.32. The number of allylic oxidation sites excluding steroid dienone is 1. The Balaban J connectivity index is 2.85. The summed E-state index contributed by atoms with van der Waals surface area (Å²) >= 11 is 0. The van der Waals surface area contributed by atoms with E-state index in [1.807, 2.05) is 0 Å². The lowest BCUT2D eigenvalue weighted by atomic mass is 10.1. The van der Waals surface area contributed by atoms with Crippen molar-refractivity contribution in [1.29, 1.82) is 0 Å². The van der Waals surface area contributed by atoms with E-state index in [1.54, 1.807) is 6.08 Å². The largest absolute Gasteiger partial charge is 0.375 e. The number of hydroxylamine groups is 1. The summed E-state index contributed by atoms with van der Waals surface area (Å²) in [5, 5.41) is 9.52. The van der Waals surface area contributed by atoms with Crippen molar-refractivity contribution in [3.8, 4) is 0 Å². The molecule has 0 aromatic rings. The lowest BCUT2D eigenvalue weighted by Gasteiger charge is -2.30. The minimum absolute atomic E-state index is 0.0212. The second-order valence-electron chi connectivity index (χ2n) is 4.26. The highest BCUT2D eigenvalue weighted by Gasteiger charge is 2.14. The molecule has 0 amide bonds. The van der Waals surface area contributed by atoms with Crippen LogP contribution in [0.4, 0.5) is 0 Å². The smallest absolute Gasteiger partial charge is 0.259 e. The fraction of sp³-hybridized carbons (Fsp3) is 0.583. The van der Waals surface area contributed by atoms with E-state index in [2.05, 4.69) is 18.4 Å². The summed E-state index contributed by atoms with van der Waals surface area (Å²) in [6.07, 6.45) is 6.36. The zero-order chi connectivity index (χ0) is 12.8. The van der Waals surface area contributed by atoms with Gasteiger partial charge in [0.2, 0.25) is 0 Å². The van der Waals surface area contributed by atoms with Crippen LogP contribution in [0.15, 0.2) is 24.2 Å². The Bertz CT molecular complexity index is 340. The Kier molecular flexibility index (Phi) is 4.87. The zero-order valence-corrected chi connectivity index (χ0v) is 10.5. The molecule has 17 heavy (non-hydrogen) atoms. The van der Waals surface area contributed by atoms with Gasteiger partial charge in [-0.15, -0.1) is 0 Å². The van der Waals surface area contributed by atoms with Crippen molar-refractivity contribution < 1.29 is 9.95 Å². The molecule has 0 saturated carbocycles. The number of piperidine rings is 1. The second-order valence-corrected chi connectivity index (χ2v) is 4.26. The summed E-state index contributed by atoms with van der Waals surface area (Å²) in [5.74, 6) is 0.229. The van der Waals surface area contributed by atoms with Gasteiger partial charge in [-0.25, -0.2) is 0 Å². The first-order chi connectivity index (χ1) is 8.06. The van der Waals surface area contributed by atoms with Crippen molar-refractivity contribution in [3.63, 3.8) is 0 Å². The normalized spacial score (nSPS) is 18.9. The predicted molar refractivity (Wildman–Crippen MR) is 68.4 cm³/mol. The van der Waals surface area contributed by atoms with E-state index in [9.17, 15) is 5.21 Å². The standard InChI is InChI=1S/C12H22N4O/c1-3-11(15-7-5-4-6-8-15)9-12(14)16(17)10(2)13/h9,14,17H,2-8,13H2,1H3/p+1/b11-9+. The first kappa shape index (κ1) is 13.4. The molecular formula is C12H23N4O+. The Morgan fingerprint density at radius 3 is 2.41 bits per heavy atom. The maximum Gasteiger partial charge on any atom is 0.259 e. The van der Waals surface area contributed by atoms with E-state index in [4.69, 9.17) is 11.5 Å². The van der Waals surface area contributed by atoms with Crippen molar-refractivity contribution in [1.82, 2.24) is 4.90 Å². The fourth-order valence-corrected chi connectivity index (χ4v) is 2.00. The minimum Gasteiger partial charge on any atom is -0.375 e. The molecule has 0 aromatic heterocycles. The second kappa shape index (κ2) is 6.18. The molecular weight excluding hydrogens is 216 g/mol. The summed E-state index contributed by atoms with van der Waals surface area (Å²) in [4.78, 5) is 2.31. The van der Waals surface area contributed by atoms with E-state index in [-0.39, 0.29) is 11.7 Å². The summed E-state index contributed by atoms with van der Waals surface area (Å²) in [6, 6.07) is 0. The van der Waals surface area contributed by atoms with Gasteiger partial charge in [-0.05, 0) is 32.3 Å². The minimum atomic E-state index is 0.0212. The molecule has 0 aromatic carbocycles. The van der Waals surface area contributed by atoms with Crippen molar-refractivity contribution in [2.75, 3.05) is 13.1 Å². The first-order valence-electron chi connectivity index (χ1n) is 6.07. The van der Waals surface area contributed by atoms with Crippen LogP contribution in [0.2, 0.25) is 0 Å². The van der Waals surface area contributed by atoms with E-state index >= 15 is 0 Å². The highest BCUT2D eigenvalue weighted by atomic mass is 16.5. The van der Waals surface area contributed by atoms with E-state index in [0.717, 1.165) is 25.2 Å². The Hall–Kier alpha value is -1.65. The Labute approximate surface area is 103 Å². The molecule has 0 bridgehead atoms. The number of hydrogen-bond donors (Lipinski definition) is 3. The third-order valence-corrected chi connectivity index (χ3v) is 2.96. The van der Waals surface area contributed by atoms with Crippen LogP contribution < -0.4 is 11.5 Å². The van der Waals surface area contributed by atoms with Gasteiger partial charge in [-0.1, -0.05) is 11.7 Å². The Morgan fingerprint density at radius 1 is 1.35 bits per heavy atom. The molecule has 1 fully saturated rings. The number of nitrogens with two attached hydrogens (primary N) is 2. The van der Waals surface area contributed by atoms with Gasteiger partial charge < -0.3 is 21.6 Å². The van der Waals surface area contributed by atoms with E-state index in [1.165, 1.54) is 19.3 Å². The summed E-state index contributed by atoms with van der Waals surface area (Å²) < 4.78 is 0.708. The quantitative estimate of drug-likeness (QED) is 0.224. The molecule has 0 radical (unpaired) electrons. The van der Waals surface area contributed by atoms with Crippen LogP contribution in [0.1, 0.15) is 32.6 Å². The molecule has 5 heteroatoms. The first-order valence-corrected chi connectivity index (χ1v) is 6.07. The monoisotopic (exact) mass is 239 g/mol. The van der Waals surface area contributed by atoms with Crippen LogP contribution >= 0.6 is 0 Å². The van der Waals surface area contributed by atoms with Crippen molar-refractivity contribution >= 4 is 5.84 Å². The third-order valence-electron chi connectivity index (χ3n) is 2.96. The predicted octanol–water partition coefficient (Wildman–Crippen LogP) is 0.955. The number of nitrogens with zero attached hydrogens (tertiary/aromatic N) is 2. The lowest BCUT2D eigenvalue weighted by molar-refractivity contribution is -0.739. The van der Waals surface area contributed by atoms with Crippen molar-refractivity contribution in [2.24, 2.45) is 11.5 Å². The van der Waals surface area contributed by atoms with Gasteiger partial charge in [0, 0.05) is 24.9 Å². The Morgan fingerprint density at radius 2 is 1.94 bits per heavy atom. The molecule has 0 aliphatic carbocycles. The van der Waals surface area contributed by atoms with Gasteiger partial charge in [0.1, 0.15) is 0 Å². The molecule has 0 atom stereocenters. The van der Waals surface area contributed by atoms with Crippen LogP contribution in [0.25, 0.3) is 0 Å². The van der Waals surface area contributed by atoms with Crippen molar-refractivity contribution in [3.05, 3.63) is 24.2 Å². The number of likely N-dealkylation sites (tertiary alicyclic amines) is 1. The maximum absolute atomic E-state index is 9.52. The number of amidine groups is 1. The molecule has 96 valence electrons. The van der Waals surface area contributed by atoms with Gasteiger partial charge >= 0.3 is 0 Å². The molecule has 1 aliphatic rings. The molecule has 5 N–H and O–H groups in total. The van der Waals surface area contributed by atoms with Crippen LogP contribution in [-0.4, -0.2) is 33.8 Å². The van der Waals surface area contributed by atoms with Crippen LogP contribution in [0.3, 0.4) is 0 Å². The average molecular weight is 239 g/mol. The fourth-order valence-electron chi connectivity index (χ4n) is 2.00. The molecule has 1 saturated heterocycles. The van der Waals surface area contributed by atoms with E-state index < -0.39 is 0 Å². The highest BCUT2D eigenvalue weighted by Crippen LogP contribution is 2.16. The maximum atomic E-state index is 9.52. The molecule has 1 heterocycles. The topological polar surface area (TPSA) is 78.5 Å². The molecule has 0 unspecified atom stereocenters. The van der Waals surface area contributed by atoms with Gasteiger partial charge in [0.05, 0.1) is 0 Å². The van der Waals surface area contributed by atoms with Gasteiger partial charge in [-0.2, -0.15) is 0 Å². The number of rotatable bonds is 4. The summed E-state index contributed by atoms with van der Waals surface area (Å²) in [5.41, 5.74) is 12.2. The summed E-state index contributed by atoms with van der Waals surface area (Å²) in [6.45, 7) is 7.62. The van der Waals surface area contributed by atoms with Gasteiger partial charge in [0.25, 0.3) is 11.7 Å². The molecule has 1 aliphatic heterocycles. The molecule has 1 rings (SSSR count). The van der Waals surface area contributed by atoms with Crippen molar-refractivity contribution in [2.45, 2.75) is 32.6 Å².